The van der Waals surface area contributed by atoms with E-state index >= 15 is 0 Å². The van der Waals surface area contributed by atoms with E-state index in [9.17, 15) is 35.1 Å². The molecule has 1 fully saturated rings. The third kappa shape index (κ3) is 6.32. The van der Waals surface area contributed by atoms with Crippen LogP contribution in [0.3, 0.4) is 0 Å². The Balaban J connectivity index is 1.69. The molecule has 1 saturated carbocycles. The summed E-state index contributed by atoms with van der Waals surface area (Å²) in [7, 11) is 0. The van der Waals surface area contributed by atoms with Gasteiger partial charge in [-0.15, -0.1) is 0 Å². The largest absolute Gasteiger partial charge is 0.488 e. The molecule has 0 aliphatic heterocycles. The Labute approximate surface area is 189 Å². The fourth-order valence-corrected chi connectivity index (χ4v) is 3.60. The quantitative estimate of drug-likeness (QED) is 0.277. The van der Waals surface area contributed by atoms with E-state index in [4.69, 9.17) is 4.74 Å². The standard InChI is InChI=1S/C23H20F8O3/c1-12-2-4-13(5-3-12)23(30,31)34-15-8-17(24)16(18(25)9-15)10-32-14-6-19(26)22(20(27)7-14)33-11-21(28)29/h6-9,11-13H,2-5,10H2,1H3. The lowest BCUT2D eigenvalue weighted by Gasteiger charge is -2.32. The molecule has 3 rings (SSSR count). The van der Waals surface area contributed by atoms with Crippen molar-refractivity contribution in [1.29, 1.82) is 0 Å². The van der Waals surface area contributed by atoms with E-state index in [1.54, 1.807) is 0 Å². The zero-order valence-electron chi connectivity index (χ0n) is 17.8. The highest BCUT2D eigenvalue weighted by atomic mass is 19.3. The number of rotatable bonds is 8. The predicted octanol–water partition coefficient (Wildman–Crippen LogP) is 7.74. The number of hydrogen-bond acceptors (Lipinski definition) is 3. The van der Waals surface area contributed by atoms with E-state index < -0.39 is 70.8 Å². The van der Waals surface area contributed by atoms with Gasteiger partial charge in [-0.3, -0.25) is 0 Å². The van der Waals surface area contributed by atoms with Crippen molar-refractivity contribution in [2.75, 3.05) is 0 Å². The smallest absolute Gasteiger partial charge is 0.400 e. The van der Waals surface area contributed by atoms with Crippen LogP contribution < -0.4 is 14.2 Å². The van der Waals surface area contributed by atoms with Crippen molar-refractivity contribution < 1.29 is 49.3 Å². The number of hydrogen-bond donors (Lipinski definition) is 0. The molecule has 0 spiro atoms. The molecule has 0 heterocycles. The van der Waals surface area contributed by atoms with Gasteiger partial charge in [-0.25, -0.2) is 17.6 Å². The van der Waals surface area contributed by atoms with Crippen LogP contribution in [0.1, 0.15) is 38.2 Å². The normalized spacial score (nSPS) is 18.4. The van der Waals surface area contributed by atoms with Crippen molar-refractivity contribution in [3.63, 3.8) is 0 Å². The van der Waals surface area contributed by atoms with Gasteiger partial charge < -0.3 is 14.2 Å². The van der Waals surface area contributed by atoms with Gasteiger partial charge in [0.1, 0.15) is 29.7 Å². The Kier molecular flexibility index (Phi) is 7.93. The molecule has 0 atom stereocenters. The van der Waals surface area contributed by atoms with Gasteiger partial charge in [0.25, 0.3) is 0 Å². The maximum absolute atomic E-state index is 14.4. The molecule has 1 aliphatic carbocycles. The maximum Gasteiger partial charge on any atom is 0.400 e. The fraction of sp³-hybridized carbons (Fsp3) is 0.391. The van der Waals surface area contributed by atoms with Gasteiger partial charge in [-0.2, -0.15) is 17.6 Å². The molecule has 34 heavy (non-hydrogen) atoms. The van der Waals surface area contributed by atoms with Gasteiger partial charge in [-0.05, 0) is 18.8 Å². The van der Waals surface area contributed by atoms with Gasteiger partial charge in [0.2, 0.25) is 0 Å². The van der Waals surface area contributed by atoms with Crippen LogP contribution in [0.5, 0.6) is 17.2 Å². The molecule has 0 radical (unpaired) electrons. The minimum absolute atomic E-state index is 0.172. The molecule has 2 aromatic carbocycles. The molecule has 3 nitrogen and oxygen atoms in total. The zero-order valence-corrected chi connectivity index (χ0v) is 17.8. The lowest BCUT2D eigenvalue weighted by molar-refractivity contribution is -0.223. The monoisotopic (exact) mass is 496 g/mol. The maximum atomic E-state index is 14.4. The van der Waals surface area contributed by atoms with E-state index in [1.165, 1.54) is 0 Å². The summed E-state index contributed by atoms with van der Waals surface area (Å²) in [6.07, 6.45) is -4.48. The first-order chi connectivity index (χ1) is 16.0. The highest BCUT2D eigenvalue weighted by molar-refractivity contribution is 5.36. The molecule has 0 bridgehead atoms. The van der Waals surface area contributed by atoms with E-state index in [2.05, 4.69) is 9.47 Å². The van der Waals surface area contributed by atoms with Crippen molar-refractivity contribution in [2.24, 2.45) is 11.8 Å². The molecule has 1 aliphatic rings. The van der Waals surface area contributed by atoms with Crippen molar-refractivity contribution in [3.05, 3.63) is 65.4 Å². The second kappa shape index (κ2) is 10.5. The average Bonchev–Trinajstić information content (AvgIpc) is 2.72. The molecule has 0 amide bonds. The Morgan fingerprint density at radius 2 is 1.41 bits per heavy atom. The second-order valence-electron chi connectivity index (χ2n) is 8.02. The number of halogens is 8. The van der Waals surface area contributed by atoms with Crippen molar-refractivity contribution >= 4 is 0 Å². The summed E-state index contributed by atoms with van der Waals surface area (Å²) >= 11 is 0. The lowest BCUT2D eigenvalue weighted by atomic mass is 9.82. The summed E-state index contributed by atoms with van der Waals surface area (Å²) in [5, 5.41) is 0. The van der Waals surface area contributed by atoms with Crippen molar-refractivity contribution in [2.45, 2.75) is 45.3 Å². The summed E-state index contributed by atoms with van der Waals surface area (Å²) in [5.74, 6) is -8.48. The van der Waals surface area contributed by atoms with Crippen LogP contribution in [0, 0.1) is 35.1 Å². The van der Waals surface area contributed by atoms with Crippen LogP contribution in [-0.2, 0) is 6.61 Å². The number of ether oxygens (including phenoxy) is 3. The Morgan fingerprint density at radius 3 is 1.94 bits per heavy atom. The third-order valence-corrected chi connectivity index (χ3v) is 5.48. The number of benzene rings is 2. The van der Waals surface area contributed by atoms with Crippen molar-refractivity contribution in [1.82, 2.24) is 0 Å². The van der Waals surface area contributed by atoms with Gasteiger partial charge in [-0.1, -0.05) is 19.8 Å². The first-order valence-electron chi connectivity index (χ1n) is 10.3. The highest BCUT2D eigenvalue weighted by Gasteiger charge is 2.43. The topological polar surface area (TPSA) is 27.7 Å². The summed E-state index contributed by atoms with van der Waals surface area (Å²) in [6.45, 7) is 1.10. The van der Waals surface area contributed by atoms with E-state index in [0.29, 0.717) is 43.0 Å². The molecular formula is C23H20F8O3. The van der Waals surface area contributed by atoms with Gasteiger partial charge in [0.05, 0.1) is 11.5 Å². The molecule has 11 heteroatoms. The molecule has 0 saturated heterocycles. The second-order valence-corrected chi connectivity index (χ2v) is 8.02. The number of alkyl halides is 2. The van der Waals surface area contributed by atoms with Crippen LogP contribution >= 0.6 is 0 Å². The summed E-state index contributed by atoms with van der Waals surface area (Å²) in [4.78, 5) is 0. The molecule has 186 valence electrons. The van der Waals surface area contributed by atoms with Gasteiger partial charge in [0.15, 0.2) is 23.6 Å². The van der Waals surface area contributed by atoms with Crippen LogP contribution in [0.4, 0.5) is 35.1 Å². The Bertz CT molecular complexity index is 998. The van der Waals surface area contributed by atoms with Gasteiger partial charge >= 0.3 is 12.2 Å². The molecule has 2 aromatic rings. The minimum atomic E-state index is -3.61. The first kappa shape index (κ1) is 25.6. The zero-order chi connectivity index (χ0) is 25.0. The Morgan fingerprint density at radius 1 is 0.882 bits per heavy atom. The van der Waals surface area contributed by atoms with Crippen LogP contribution in [0.25, 0.3) is 0 Å². The van der Waals surface area contributed by atoms with Crippen LogP contribution in [-0.4, -0.2) is 6.11 Å². The fourth-order valence-electron chi connectivity index (χ4n) is 3.60. The van der Waals surface area contributed by atoms with E-state index in [1.807, 2.05) is 6.92 Å². The molecule has 0 unspecified atom stereocenters. The van der Waals surface area contributed by atoms with Gasteiger partial charge in [0, 0.05) is 24.3 Å². The summed E-state index contributed by atoms with van der Waals surface area (Å²) < 4.78 is 123. The minimum Gasteiger partial charge on any atom is -0.488 e. The Hall–Kier alpha value is -2.98. The van der Waals surface area contributed by atoms with Crippen LogP contribution in [0.2, 0.25) is 0 Å². The molecule has 0 N–H and O–H groups in total. The lowest BCUT2D eigenvalue weighted by Crippen LogP contribution is -2.37. The van der Waals surface area contributed by atoms with Crippen molar-refractivity contribution in [3.8, 4) is 17.2 Å². The van der Waals surface area contributed by atoms with E-state index in [0.717, 1.165) is 0 Å². The average molecular weight is 496 g/mol. The molecule has 0 aromatic heterocycles. The SMILES string of the molecule is CC1CCC(C(F)(F)Oc2cc(F)c(COc3cc(F)c(OC=C(F)F)c(F)c3)c(F)c2)CC1. The molecular weight excluding hydrogens is 476 g/mol. The third-order valence-electron chi connectivity index (χ3n) is 5.48. The highest BCUT2D eigenvalue weighted by Crippen LogP contribution is 2.40. The van der Waals surface area contributed by atoms with E-state index in [-0.39, 0.29) is 19.1 Å². The van der Waals surface area contributed by atoms with Crippen LogP contribution in [0.15, 0.2) is 36.6 Å². The summed E-state index contributed by atoms with van der Waals surface area (Å²) in [6, 6.07) is 2.25. The predicted molar refractivity (Wildman–Crippen MR) is 105 cm³/mol. The summed E-state index contributed by atoms with van der Waals surface area (Å²) in [5.41, 5.74) is -0.703. The first-order valence-corrected chi connectivity index (χ1v) is 10.3.